The molecule has 0 fully saturated rings. The smallest absolute Gasteiger partial charge is 0.268 e. The van der Waals surface area contributed by atoms with Crippen LogP contribution >= 0.6 is 0 Å². The molecule has 1 N–H and O–H groups in total. The summed E-state index contributed by atoms with van der Waals surface area (Å²) in [4.78, 5) is 11.3. The highest BCUT2D eigenvalue weighted by Gasteiger charge is 2.00. The van der Waals surface area contributed by atoms with Crippen LogP contribution in [0.3, 0.4) is 0 Å². The van der Waals surface area contributed by atoms with E-state index in [1.165, 1.54) is 0 Å². The highest BCUT2D eigenvalue weighted by Crippen LogP contribution is 2.01. The minimum atomic E-state index is -1.61. The highest BCUT2D eigenvalue weighted by atomic mass is 17.2. The van der Waals surface area contributed by atoms with Gasteiger partial charge < -0.3 is 5.11 Å². The summed E-state index contributed by atoms with van der Waals surface area (Å²) in [5.74, 6) is 0. The third-order valence-corrected chi connectivity index (χ3v) is 1.37. The van der Waals surface area contributed by atoms with Crippen LogP contribution in [0.25, 0.3) is 10.4 Å². The first-order valence-corrected chi connectivity index (χ1v) is 3.87. The molecular formula is C8H9N3O3. The molecule has 0 aliphatic rings. The minimum Gasteiger partial charge on any atom is -0.361 e. The van der Waals surface area contributed by atoms with Gasteiger partial charge in [0.15, 0.2) is 0 Å². The molecule has 1 aromatic rings. The van der Waals surface area contributed by atoms with Crippen LogP contribution in [0.5, 0.6) is 0 Å². The minimum absolute atomic E-state index is 0.179. The number of aliphatic hydroxyl groups is 1. The molecule has 0 bridgehead atoms. The van der Waals surface area contributed by atoms with Crippen molar-refractivity contribution in [3.63, 3.8) is 0 Å². The quantitative estimate of drug-likeness (QED) is 0.194. The fourth-order valence-electron chi connectivity index (χ4n) is 0.801. The first-order chi connectivity index (χ1) is 6.83. The Kier molecular flexibility index (Phi) is 4.46. The Morgan fingerprint density at radius 1 is 1.43 bits per heavy atom. The Bertz CT molecular complexity index is 311. The molecule has 0 spiro atoms. The molecule has 0 aliphatic carbocycles. The van der Waals surface area contributed by atoms with E-state index in [1.807, 2.05) is 30.3 Å². The van der Waals surface area contributed by atoms with Gasteiger partial charge in [-0.15, -0.1) is 0 Å². The van der Waals surface area contributed by atoms with Crippen LogP contribution in [0.4, 0.5) is 0 Å². The van der Waals surface area contributed by atoms with Crippen molar-refractivity contribution in [1.29, 1.82) is 0 Å². The predicted molar refractivity (Wildman–Crippen MR) is 47.5 cm³/mol. The Morgan fingerprint density at radius 2 is 2.14 bits per heavy atom. The van der Waals surface area contributed by atoms with Crippen molar-refractivity contribution >= 4 is 0 Å². The summed E-state index contributed by atoms with van der Waals surface area (Å²) in [7, 11) is 0. The summed E-state index contributed by atoms with van der Waals surface area (Å²) in [5, 5.41) is 11.6. The number of azide groups is 1. The van der Waals surface area contributed by atoms with E-state index >= 15 is 0 Å². The molecule has 0 radical (unpaired) electrons. The Hall–Kier alpha value is -1.59. The van der Waals surface area contributed by atoms with E-state index in [1.54, 1.807) is 0 Å². The van der Waals surface area contributed by atoms with Crippen LogP contribution in [-0.2, 0) is 16.4 Å². The number of rotatable bonds is 5. The highest BCUT2D eigenvalue weighted by molar-refractivity contribution is 5.13. The van der Waals surface area contributed by atoms with Crippen LogP contribution in [0, 0.1) is 0 Å². The van der Waals surface area contributed by atoms with Gasteiger partial charge in [-0.3, -0.25) is 0 Å². The number of hydrogen-bond acceptors (Lipinski definition) is 4. The molecule has 74 valence electrons. The lowest BCUT2D eigenvalue weighted by Gasteiger charge is -2.04. The second-order valence-corrected chi connectivity index (χ2v) is 2.38. The lowest BCUT2D eigenvalue weighted by Crippen LogP contribution is -2.08. The molecule has 6 nitrogen and oxygen atoms in total. The van der Waals surface area contributed by atoms with Crippen LogP contribution in [-0.4, -0.2) is 11.5 Å². The lowest BCUT2D eigenvalue weighted by molar-refractivity contribution is -0.374. The molecule has 0 saturated carbocycles. The van der Waals surface area contributed by atoms with Gasteiger partial charge in [-0.05, 0) is 16.2 Å². The van der Waals surface area contributed by atoms with Crippen molar-refractivity contribution in [1.82, 2.24) is 0 Å². The van der Waals surface area contributed by atoms with Crippen LogP contribution < -0.4 is 0 Å². The van der Waals surface area contributed by atoms with Crippen molar-refractivity contribution in [3.05, 3.63) is 46.3 Å². The Morgan fingerprint density at radius 3 is 2.79 bits per heavy atom. The van der Waals surface area contributed by atoms with Gasteiger partial charge in [0.1, 0.15) is 6.61 Å². The van der Waals surface area contributed by atoms with Crippen LogP contribution in [0.2, 0.25) is 0 Å². The van der Waals surface area contributed by atoms with E-state index in [0.717, 1.165) is 5.56 Å². The zero-order valence-electron chi connectivity index (χ0n) is 7.28. The molecule has 1 aromatic carbocycles. The molecule has 0 aliphatic heterocycles. The van der Waals surface area contributed by atoms with Crippen LogP contribution in [0.1, 0.15) is 5.56 Å². The van der Waals surface area contributed by atoms with Crippen molar-refractivity contribution in [2.24, 2.45) is 5.11 Å². The van der Waals surface area contributed by atoms with E-state index in [2.05, 4.69) is 19.8 Å². The topological polar surface area (TPSA) is 87.5 Å². The molecular weight excluding hydrogens is 186 g/mol. The average molecular weight is 195 g/mol. The van der Waals surface area contributed by atoms with Crippen molar-refractivity contribution in [2.75, 3.05) is 0 Å². The van der Waals surface area contributed by atoms with Gasteiger partial charge in [0.2, 0.25) is 0 Å². The second kappa shape index (κ2) is 5.95. The zero-order valence-corrected chi connectivity index (χ0v) is 7.28. The molecule has 1 unspecified atom stereocenters. The Labute approximate surface area is 80.2 Å². The molecule has 1 rings (SSSR count). The second-order valence-electron chi connectivity index (χ2n) is 2.38. The standard InChI is InChI=1S/C8H9N3O3/c9-11-10-8(12)14-13-6-7-4-2-1-3-5-7/h1-5,8,12H,6H2. The normalized spacial score (nSPS) is 11.8. The molecule has 14 heavy (non-hydrogen) atoms. The average Bonchev–Trinajstić information content (AvgIpc) is 2.20. The van der Waals surface area contributed by atoms with Gasteiger partial charge in [0, 0.05) is 4.91 Å². The van der Waals surface area contributed by atoms with E-state index in [4.69, 9.17) is 10.6 Å². The summed E-state index contributed by atoms with van der Waals surface area (Å²) in [6, 6.07) is 9.25. The fraction of sp³-hybridized carbons (Fsp3) is 0.250. The number of hydrogen-bond donors (Lipinski definition) is 1. The molecule has 0 heterocycles. The van der Waals surface area contributed by atoms with E-state index in [9.17, 15) is 0 Å². The van der Waals surface area contributed by atoms with Crippen molar-refractivity contribution in [2.45, 2.75) is 13.0 Å². The molecule has 0 saturated heterocycles. The molecule has 0 aromatic heterocycles. The predicted octanol–water partition coefficient (Wildman–Crippen LogP) is 1.72. The zero-order chi connectivity index (χ0) is 10.2. The molecule has 1 atom stereocenters. The van der Waals surface area contributed by atoms with Crippen molar-refractivity contribution < 1.29 is 14.9 Å². The third-order valence-electron chi connectivity index (χ3n) is 1.37. The summed E-state index contributed by atoms with van der Waals surface area (Å²) >= 11 is 0. The van der Waals surface area contributed by atoms with Gasteiger partial charge in [0.25, 0.3) is 6.41 Å². The number of aliphatic hydroxyl groups excluding tert-OH is 1. The van der Waals surface area contributed by atoms with E-state index in [0.29, 0.717) is 0 Å². The number of benzene rings is 1. The van der Waals surface area contributed by atoms with Gasteiger partial charge in [-0.1, -0.05) is 30.3 Å². The maximum atomic E-state index is 8.76. The first-order valence-electron chi connectivity index (χ1n) is 3.87. The first kappa shape index (κ1) is 10.5. The monoisotopic (exact) mass is 195 g/mol. The Balaban J connectivity index is 2.25. The van der Waals surface area contributed by atoms with Gasteiger partial charge in [-0.25, -0.2) is 4.89 Å². The van der Waals surface area contributed by atoms with Gasteiger partial charge in [0.05, 0.1) is 0 Å². The fourth-order valence-corrected chi connectivity index (χ4v) is 0.801. The summed E-state index contributed by atoms with van der Waals surface area (Å²) < 4.78 is 0. The largest absolute Gasteiger partial charge is 0.361 e. The molecule has 6 heteroatoms. The van der Waals surface area contributed by atoms with Crippen molar-refractivity contribution in [3.8, 4) is 0 Å². The van der Waals surface area contributed by atoms with Crippen LogP contribution in [0.15, 0.2) is 35.4 Å². The number of nitrogens with zero attached hydrogens (tertiary/aromatic N) is 3. The maximum Gasteiger partial charge on any atom is 0.268 e. The summed E-state index contributed by atoms with van der Waals surface area (Å²) in [6.07, 6.45) is -1.61. The summed E-state index contributed by atoms with van der Waals surface area (Å²) in [6.45, 7) is 0.179. The van der Waals surface area contributed by atoms with E-state index in [-0.39, 0.29) is 6.61 Å². The molecule has 0 amide bonds. The van der Waals surface area contributed by atoms with E-state index < -0.39 is 6.41 Å². The van der Waals surface area contributed by atoms with Gasteiger partial charge >= 0.3 is 0 Å². The lowest BCUT2D eigenvalue weighted by atomic mass is 10.2. The SMILES string of the molecule is [N-]=[N+]=NC(O)OOCc1ccccc1. The van der Waals surface area contributed by atoms with Gasteiger partial charge in [-0.2, -0.15) is 4.89 Å². The third kappa shape index (κ3) is 3.88. The maximum absolute atomic E-state index is 8.76. The summed E-state index contributed by atoms with van der Waals surface area (Å²) in [5.41, 5.74) is 8.81.